The van der Waals surface area contributed by atoms with Gasteiger partial charge in [0.2, 0.25) is 0 Å². The van der Waals surface area contributed by atoms with Gasteiger partial charge in [-0.15, -0.1) is 0 Å². The van der Waals surface area contributed by atoms with Crippen LogP contribution in [-0.2, 0) is 25.6 Å². The summed E-state index contributed by atoms with van der Waals surface area (Å²) in [6, 6.07) is 10.1. The Hall–Kier alpha value is -0.940. The van der Waals surface area contributed by atoms with Crippen molar-refractivity contribution >= 4 is 0 Å². The van der Waals surface area contributed by atoms with Crippen molar-refractivity contribution in [3.63, 3.8) is 0 Å². The van der Waals surface area contributed by atoms with E-state index >= 15 is 0 Å². The molecule has 0 spiro atoms. The van der Waals surface area contributed by atoms with E-state index in [0.29, 0.717) is 13.2 Å². The first-order valence-corrected chi connectivity index (χ1v) is 6.75. The molecule has 2 fully saturated rings. The second-order valence-corrected chi connectivity index (χ2v) is 5.51. The molecule has 104 valence electrons. The SMILES string of the molecule is CC1(C)O[C@H]2CO[C@H](OCc3ccccc3)C[C@H]2O1. The average Bonchev–Trinajstić information content (AvgIpc) is 2.70. The number of fused-ring (bicyclic) bond motifs is 1. The lowest BCUT2D eigenvalue weighted by Gasteiger charge is -2.29. The van der Waals surface area contributed by atoms with E-state index in [1.165, 1.54) is 0 Å². The number of rotatable bonds is 3. The van der Waals surface area contributed by atoms with Gasteiger partial charge in [-0.2, -0.15) is 0 Å². The van der Waals surface area contributed by atoms with Gasteiger partial charge in [0, 0.05) is 6.42 Å². The third-order valence-corrected chi connectivity index (χ3v) is 3.43. The Morgan fingerprint density at radius 3 is 2.68 bits per heavy atom. The normalized spacial score (nSPS) is 33.1. The zero-order valence-corrected chi connectivity index (χ0v) is 11.4. The molecule has 0 aromatic heterocycles. The molecule has 3 atom stereocenters. The van der Waals surface area contributed by atoms with Crippen molar-refractivity contribution in [2.45, 2.75) is 51.2 Å². The molecule has 1 aromatic carbocycles. The first kappa shape index (κ1) is 13.1. The monoisotopic (exact) mass is 264 g/mol. The maximum Gasteiger partial charge on any atom is 0.163 e. The lowest BCUT2D eigenvalue weighted by atomic mass is 10.1. The largest absolute Gasteiger partial charge is 0.350 e. The Balaban J connectivity index is 1.52. The minimum Gasteiger partial charge on any atom is -0.350 e. The highest BCUT2D eigenvalue weighted by molar-refractivity contribution is 5.13. The lowest BCUT2D eigenvalue weighted by Crippen LogP contribution is -2.40. The molecule has 0 saturated carbocycles. The molecule has 19 heavy (non-hydrogen) atoms. The van der Waals surface area contributed by atoms with E-state index in [0.717, 1.165) is 12.0 Å². The fourth-order valence-electron chi connectivity index (χ4n) is 2.59. The quantitative estimate of drug-likeness (QED) is 0.840. The number of hydrogen-bond donors (Lipinski definition) is 0. The Morgan fingerprint density at radius 2 is 1.89 bits per heavy atom. The highest BCUT2D eigenvalue weighted by atomic mass is 16.8. The first-order valence-electron chi connectivity index (χ1n) is 6.75. The van der Waals surface area contributed by atoms with Gasteiger partial charge in [-0.1, -0.05) is 30.3 Å². The molecular formula is C15H20O4. The maximum atomic E-state index is 5.85. The summed E-state index contributed by atoms with van der Waals surface area (Å²) in [4.78, 5) is 0. The molecule has 3 rings (SSSR count). The molecule has 2 aliphatic rings. The number of benzene rings is 1. The van der Waals surface area contributed by atoms with Crippen molar-refractivity contribution in [2.24, 2.45) is 0 Å². The molecule has 0 aliphatic carbocycles. The van der Waals surface area contributed by atoms with Crippen LogP contribution >= 0.6 is 0 Å². The Morgan fingerprint density at radius 1 is 1.16 bits per heavy atom. The van der Waals surface area contributed by atoms with Crippen LogP contribution < -0.4 is 0 Å². The summed E-state index contributed by atoms with van der Waals surface area (Å²) in [5.41, 5.74) is 1.15. The van der Waals surface area contributed by atoms with Crippen molar-refractivity contribution < 1.29 is 18.9 Å². The summed E-state index contributed by atoms with van der Waals surface area (Å²) in [5.74, 6) is -0.507. The van der Waals surface area contributed by atoms with Crippen LogP contribution in [0.2, 0.25) is 0 Å². The second kappa shape index (κ2) is 5.21. The third-order valence-electron chi connectivity index (χ3n) is 3.43. The fraction of sp³-hybridized carbons (Fsp3) is 0.600. The molecule has 2 saturated heterocycles. The fourth-order valence-corrected chi connectivity index (χ4v) is 2.59. The minimum absolute atomic E-state index is 0.0339. The van der Waals surface area contributed by atoms with Crippen LogP contribution in [0.4, 0.5) is 0 Å². The molecule has 0 amide bonds. The zero-order valence-electron chi connectivity index (χ0n) is 11.4. The third kappa shape index (κ3) is 3.15. The summed E-state index contributed by atoms with van der Waals surface area (Å²) in [6.07, 6.45) is 0.621. The first-order chi connectivity index (χ1) is 9.12. The van der Waals surface area contributed by atoms with Crippen LogP contribution in [0.5, 0.6) is 0 Å². The number of hydrogen-bond acceptors (Lipinski definition) is 4. The summed E-state index contributed by atoms with van der Waals surface area (Å²) in [5, 5.41) is 0. The van der Waals surface area contributed by atoms with E-state index in [2.05, 4.69) is 0 Å². The Labute approximate surface area is 113 Å². The van der Waals surface area contributed by atoms with Crippen molar-refractivity contribution in [1.82, 2.24) is 0 Å². The van der Waals surface area contributed by atoms with Gasteiger partial charge in [0.15, 0.2) is 12.1 Å². The van der Waals surface area contributed by atoms with Crippen LogP contribution in [-0.4, -0.2) is 30.9 Å². The van der Waals surface area contributed by atoms with E-state index in [1.807, 2.05) is 44.2 Å². The predicted molar refractivity (Wildman–Crippen MR) is 69.4 cm³/mol. The topological polar surface area (TPSA) is 36.9 Å². The van der Waals surface area contributed by atoms with Gasteiger partial charge in [-0.05, 0) is 19.4 Å². The smallest absolute Gasteiger partial charge is 0.163 e. The summed E-state index contributed by atoms with van der Waals surface area (Å²) in [6.45, 7) is 4.97. The van der Waals surface area contributed by atoms with Gasteiger partial charge in [0.1, 0.15) is 6.10 Å². The van der Waals surface area contributed by atoms with Gasteiger partial charge < -0.3 is 18.9 Å². The molecule has 4 heteroatoms. The van der Waals surface area contributed by atoms with E-state index in [9.17, 15) is 0 Å². The van der Waals surface area contributed by atoms with E-state index in [1.54, 1.807) is 0 Å². The predicted octanol–water partition coefficient (Wildman–Crippen LogP) is 2.47. The van der Waals surface area contributed by atoms with Gasteiger partial charge in [-0.25, -0.2) is 0 Å². The van der Waals surface area contributed by atoms with Gasteiger partial charge >= 0.3 is 0 Å². The van der Waals surface area contributed by atoms with E-state index in [-0.39, 0.29) is 18.5 Å². The van der Waals surface area contributed by atoms with Crippen molar-refractivity contribution in [2.75, 3.05) is 6.61 Å². The number of ether oxygens (including phenoxy) is 4. The van der Waals surface area contributed by atoms with Gasteiger partial charge in [0.25, 0.3) is 0 Å². The van der Waals surface area contributed by atoms with Gasteiger partial charge in [-0.3, -0.25) is 0 Å². The Bertz CT molecular complexity index is 417. The maximum absolute atomic E-state index is 5.85. The van der Waals surface area contributed by atoms with E-state index < -0.39 is 5.79 Å². The second-order valence-electron chi connectivity index (χ2n) is 5.51. The molecule has 0 unspecified atom stereocenters. The molecule has 0 N–H and O–H groups in total. The molecule has 1 aromatic rings. The molecule has 2 heterocycles. The van der Waals surface area contributed by atoms with Crippen LogP contribution in [0.1, 0.15) is 25.8 Å². The highest BCUT2D eigenvalue weighted by Gasteiger charge is 2.45. The highest BCUT2D eigenvalue weighted by Crippen LogP contribution is 2.34. The summed E-state index contributed by atoms with van der Waals surface area (Å²) >= 11 is 0. The van der Waals surface area contributed by atoms with E-state index in [4.69, 9.17) is 18.9 Å². The molecular weight excluding hydrogens is 244 g/mol. The molecule has 0 radical (unpaired) electrons. The van der Waals surface area contributed by atoms with Crippen LogP contribution in [0.15, 0.2) is 30.3 Å². The van der Waals surface area contributed by atoms with Crippen LogP contribution in [0.25, 0.3) is 0 Å². The molecule has 0 bridgehead atoms. The average molecular weight is 264 g/mol. The summed E-state index contributed by atoms with van der Waals surface area (Å²) < 4.78 is 23.1. The standard InChI is InChI=1S/C15H20O4/c1-15(2)18-12-8-14(17-10-13(12)19-15)16-9-11-6-4-3-5-7-11/h3-7,12-14H,8-10H2,1-2H3/t12-,13+,14+/m1/s1. The van der Waals surface area contributed by atoms with Crippen molar-refractivity contribution in [3.05, 3.63) is 35.9 Å². The molecule has 2 aliphatic heterocycles. The zero-order chi connectivity index (χ0) is 13.3. The van der Waals surface area contributed by atoms with Crippen LogP contribution in [0, 0.1) is 0 Å². The van der Waals surface area contributed by atoms with Gasteiger partial charge in [0.05, 0.1) is 19.3 Å². The lowest BCUT2D eigenvalue weighted by molar-refractivity contribution is -0.201. The van der Waals surface area contributed by atoms with Crippen LogP contribution in [0.3, 0.4) is 0 Å². The van der Waals surface area contributed by atoms with Crippen molar-refractivity contribution in [3.8, 4) is 0 Å². The Kier molecular flexibility index (Phi) is 3.58. The molecule has 4 nitrogen and oxygen atoms in total. The summed E-state index contributed by atoms with van der Waals surface area (Å²) in [7, 11) is 0. The van der Waals surface area contributed by atoms with Crippen molar-refractivity contribution in [1.29, 1.82) is 0 Å². The minimum atomic E-state index is -0.507.